The molecule has 0 fully saturated rings. The minimum atomic E-state index is -0.152. The maximum absolute atomic E-state index is 11.8. The molecule has 0 aromatic carbocycles. The van der Waals surface area contributed by atoms with Crippen LogP contribution in [0.1, 0.15) is 32.4 Å². The minimum Gasteiger partial charge on any atom is -0.396 e. The summed E-state index contributed by atoms with van der Waals surface area (Å²) in [7, 11) is 0. The second kappa shape index (κ2) is 6.86. The average Bonchev–Trinajstić information content (AvgIpc) is 2.66. The van der Waals surface area contributed by atoms with Crippen LogP contribution in [0.2, 0.25) is 0 Å². The Hall–Kier alpha value is -1.14. The Morgan fingerprint density at radius 2 is 2.21 bits per heavy atom. The lowest BCUT2D eigenvalue weighted by Crippen LogP contribution is -2.37. The van der Waals surface area contributed by atoms with Crippen molar-refractivity contribution in [1.82, 2.24) is 9.88 Å². The highest BCUT2D eigenvalue weighted by Gasteiger charge is 2.18. The summed E-state index contributed by atoms with van der Waals surface area (Å²) in [5, 5.41) is 13.4. The molecule has 1 aromatic heterocycles. The average molecular weight is 286 g/mol. The number of nitrogens with one attached hydrogen (secondary N) is 1. The number of carbonyl (C=O) groups is 1. The normalized spacial score (nSPS) is 11.6. The number of carbonyl (C=O) groups excluding carboxylic acids is 1. The quantitative estimate of drug-likeness (QED) is 0.789. The van der Waals surface area contributed by atoms with Gasteiger partial charge in [0.25, 0.3) is 0 Å². The summed E-state index contributed by atoms with van der Waals surface area (Å²) in [6.45, 7) is 6.70. The summed E-state index contributed by atoms with van der Waals surface area (Å²) in [6.07, 6.45) is 1.58. The van der Waals surface area contributed by atoms with Gasteiger partial charge in [0.15, 0.2) is 0 Å². The van der Waals surface area contributed by atoms with Crippen LogP contribution in [0.25, 0.3) is 0 Å². The fourth-order valence-electron chi connectivity index (χ4n) is 1.78. The number of rotatable bonds is 7. The van der Waals surface area contributed by atoms with Gasteiger partial charge in [0.2, 0.25) is 5.91 Å². The largest absolute Gasteiger partial charge is 0.396 e. The highest BCUT2D eigenvalue weighted by atomic mass is 32.1. The molecule has 0 radical (unpaired) electrons. The molecule has 108 valence electrons. The molecular weight excluding hydrogens is 264 g/mol. The first-order chi connectivity index (χ1) is 8.85. The summed E-state index contributed by atoms with van der Waals surface area (Å²) in [5.41, 5.74) is 0.761. The molecule has 0 saturated heterocycles. The van der Waals surface area contributed by atoms with Gasteiger partial charge in [0.05, 0.1) is 0 Å². The number of aromatic nitrogens is 1. The molecule has 2 N–H and O–H groups in total. The Balaban J connectivity index is 2.46. The number of thiazole rings is 1. The fourth-order valence-corrected chi connectivity index (χ4v) is 2.51. The zero-order valence-electron chi connectivity index (χ0n) is 11.7. The molecule has 1 amide bonds. The van der Waals surface area contributed by atoms with Crippen molar-refractivity contribution in [2.75, 3.05) is 13.2 Å². The Bertz CT molecular complexity index is 476. The number of hydrogen-bond donors (Lipinski definition) is 2. The van der Waals surface area contributed by atoms with Crippen molar-refractivity contribution in [3.63, 3.8) is 0 Å². The van der Waals surface area contributed by atoms with E-state index in [1.807, 2.05) is 20.8 Å². The Labute approximate surface area is 117 Å². The van der Waals surface area contributed by atoms with E-state index in [-0.39, 0.29) is 29.3 Å². The molecule has 1 rings (SSSR count). The molecule has 1 heterocycles. The predicted molar refractivity (Wildman–Crippen MR) is 76.4 cm³/mol. The van der Waals surface area contributed by atoms with Crippen molar-refractivity contribution in [1.29, 1.82) is 0 Å². The number of amides is 1. The molecule has 6 heteroatoms. The maximum Gasteiger partial charge on any atom is 0.307 e. The van der Waals surface area contributed by atoms with Crippen molar-refractivity contribution in [3.05, 3.63) is 20.7 Å². The number of nitrogens with zero attached hydrogens (tertiary/aromatic N) is 1. The third kappa shape index (κ3) is 5.16. The van der Waals surface area contributed by atoms with Crippen molar-refractivity contribution >= 4 is 17.2 Å². The molecule has 0 aliphatic heterocycles. The van der Waals surface area contributed by atoms with Gasteiger partial charge >= 0.3 is 4.87 Å². The van der Waals surface area contributed by atoms with Crippen LogP contribution in [0.15, 0.2) is 10.2 Å². The lowest BCUT2D eigenvalue weighted by atomic mass is 9.88. The van der Waals surface area contributed by atoms with Crippen LogP contribution < -0.4 is 10.2 Å². The zero-order valence-corrected chi connectivity index (χ0v) is 12.5. The van der Waals surface area contributed by atoms with E-state index in [9.17, 15) is 9.59 Å². The van der Waals surface area contributed by atoms with Gasteiger partial charge in [-0.05, 0) is 25.2 Å². The van der Waals surface area contributed by atoms with E-state index in [2.05, 4.69) is 5.32 Å². The Morgan fingerprint density at radius 3 is 2.74 bits per heavy atom. The zero-order chi connectivity index (χ0) is 14.5. The Morgan fingerprint density at radius 1 is 1.53 bits per heavy atom. The van der Waals surface area contributed by atoms with Gasteiger partial charge in [-0.1, -0.05) is 25.2 Å². The molecule has 0 bridgehead atoms. The van der Waals surface area contributed by atoms with Crippen molar-refractivity contribution in [2.45, 2.75) is 40.2 Å². The number of hydrogen-bond acceptors (Lipinski definition) is 4. The van der Waals surface area contributed by atoms with E-state index >= 15 is 0 Å². The Kier molecular flexibility index (Phi) is 5.75. The monoisotopic (exact) mass is 286 g/mol. The van der Waals surface area contributed by atoms with Gasteiger partial charge in [-0.25, -0.2) is 0 Å². The first kappa shape index (κ1) is 15.9. The van der Waals surface area contributed by atoms with Crippen molar-refractivity contribution in [3.8, 4) is 0 Å². The van der Waals surface area contributed by atoms with E-state index in [4.69, 9.17) is 5.11 Å². The van der Waals surface area contributed by atoms with Gasteiger partial charge in [0, 0.05) is 24.2 Å². The third-order valence-electron chi connectivity index (χ3n) is 3.05. The van der Waals surface area contributed by atoms with E-state index in [0.29, 0.717) is 6.54 Å². The summed E-state index contributed by atoms with van der Waals surface area (Å²) >= 11 is 1.11. The first-order valence-electron chi connectivity index (χ1n) is 6.38. The number of aliphatic hydroxyl groups excluding tert-OH is 1. The second-order valence-electron chi connectivity index (χ2n) is 5.50. The van der Waals surface area contributed by atoms with Crippen LogP contribution in [0.5, 0.6) is 0 Å². The molecule has 1 aromatic rings. The van der Waals surface area contributed by atoms with Crippen LogP contribution in [0.4, 0.5) is 0 Å². The van der Waals surface area contributed by atoms with E-state index in [0.717, 1.165) is 29.9 Å². The second-order valence-corrected chi connectivity index (χ2v) is 6.32. The summed E-state index contributed by atoms with van der Waals surface area (Å²) in [4.78, 5) is 23.2. The minimum absolute atomic E-state index is 0.0486. The van der Waals surface area contributed by atoms with Crippen molar-refractivity contribution in [2.24, 2.45) is 5.41 Å². The van der Waals surface area contributed by atoms with Gasteiger partial charge in [-0.2, -0.15) is 0 Å². The molecule has 5 nitrogen and oxygen atoms in total. The highest BCUT2D eigenvalue weighted by Crippen LogP contribution is 2.20. The van der Waals surface area contributed by atoms with Crippen LogP contribution in [0.3, 0.4) is 0 Å². The molecule has 0 aliphatic carbocycles. The van der Waals surface area contributed by atoms with Gasteiger partial charge in [-0.3, -0.25) is 14.2 Å². The predicted octanol–water partition coefficient (Wildman–Crippen LogP) is 1.13. The SMILES string of the molecule is Cc1csc(=O)n1CC(=O)NCC(C)(C)CCCO. The van der Waals surface area contributed by atoms with Gasteiger partial charge < -0.3 is 10.4 Å². The number of aliphatic hydroxyl groups is 1. The van der Waals surface area contributed by atoms with Gasteiger partial charge in [0.1, 0.15) is 6.54 Å². The van der Waals surface area contributed by atoms with Crippen LogP contribution in [0, 0.1) is 12.3 Å². The van der Waals surface area contributed by atoms with Crippen molar-refractivity contribution < 1.29 is 9.90 Å². The standard InChI is InChI=1S/C13H22N2O3S/c1-10-8-19-12(18)15(10)7-11(17)14-9-13(2,3)5-4-6-16/h8,16H,4-7,9H2,1-3H3,(H,14,17). The van der Waals surface area contributed by atoms with Crippen LogP contribution in [-0.2, 0) is 11.3 Å². The van der Waals surface area contributed by atoms with Crippen LogP contribution >= 0.6 is 11.3 Å². The summed E-state index contributed by atoms with van der Waals surface area (Å²) < 4.78 is 1.47. The smallest absolute Gasteiger partial charge is 0.307 e. The van der Waals surface area contributed by atoms with Crippen LogP contribution in [-0.4, -0.2) is 28.7 Å². The third-order valence-corrected chi connectivity index (χ3v) is 3.93. The summed E-state index contributed by atoms with van der Waals surface area (Å²) in [6, 6.07) is 0. The molecule has 19 heavy (non-hydrogen) atoms. The summed E-state index contributed by atoms with van der Waals surface area (Å²) in [5.74, 6) is -0.152. The molecule has 0 unspecified atom stereocenters. The highest BCUT2D eigenvalue weighted by molar-refractivity contribution is 7.07. The maximum atomic E-state index is 11.8. The molecule has 0 saturated carbocycles. The fraction of sp³-hybridized carbons (Fsp3) is 0.692. The lowest BCUT2D eigenvalue weighted by molar-refractivity contribution is -0.122. The van der Waals surface area contributed by atoms with E-state index in [1.165, 1.54) is 4.57 Å². The van der Waals surface area contributed by atoms with E-state index in [1.54, 1.807) is 5.38 Å². The first-order valence-corrected chi connectivity index (χ1v) is 7.26. The van der Waals surface area contributed by atoms with Gasteiger partial charge in [-0.15, -0.1) is 0 Å². The number of aryl methyl sites for hydroxylation is 1. The molecular formula is C13H22N2O3S. The van der Waals surface area contributed by atoms with E-state index < -0.39 is 0 Å². The topological polar surface area (TPSA) is 71.3 Å². The molecule has 0 atom stereocenters. The lowest BCUT2D eigenvalue weighted by Gasteiger charge is -2.24. The molecule has 0 spiro atoms. The molecule has 0 aliphatic rings.